The fraction of sp³-hybridized carbons (Fsp3) is 0.143. The predicted octanol–water partition coefficient (Wildman–Crippen LogP) is 3.27. The van der Waals surface area contributed by atoms with Crippen LogP contribution in [-0.2, 0) is 10.0 Å². The van der Waals surface area contributed by atoms with Crippen molar-refractivity contribution >= 4 is 31.6 Å². The van der Waals surface area contributed by atoms with Crippen molar-refractivity contribution in [3.05, 3.63) is 46.9 Å². The van der Waals surface area contributed by atoms with Crippen molar-refractivity contribution in [1.82, 2.24) is 0 Å². The highest BCUT2D eigenvalue weighted by atomic mass is 79.9. The van der Waals surface area contributed by atoms with E-state index in [1.807, 2.05) is 0 Å². The van der Waals surface area contributed by atoms with Crippen molar-refractivity contribution < 1.29 is 17.9 Å². The number of rotatable bonds is 5. The Kier molecular flexibility index (Phi) is 4.74. The predicted molar refractivity (Wildman–Crippen MR) is 84.5 cm³/mol. The number of anilines is 1. The quantitative estimate of drug-likeness (QED) is 0.875. The van der Waals surface area contributed by atoms with Crippen LogP contribution in [0.3, 0.4) is 0 Å². The standard InChI is InChI=1S/C14H14BrNO4S/c1-19-12-7-8-14(13(9-12)20-2)21(17,18)16-11-5-3-10(15)4-6-11/h3-9,16H,1-2H3. The van der Waals surface area contributed by atoms with Gasteiger partial charge in [-0.05, 0) is 36.4 Å². The van der Waals surface area contributed by atoms with Gasteiger partial charge in [0.25, 0.3) is 10.0 Å². The zero-order chi connectivity index (χ0) is 15.5. The third-order valence-corrected chi connectivity index (χ3v) is 4.71. The van der Waals surface area contributed by atoms with Gasteiger partial charge < -0.3 is 9.47 Å². The first-order chi connectivity index (χ1) is 9.96. The van der Waals surface area contributed by atoms with Crippen LogP contribution in [0.5, 0.6) is 11.5 Å². The van der Waals surface area contributed by atoms with Crippen LogP contribution in [0.15, 0.2) is 51.8 Å². The van der Waals surface area contributed by atoms with E-state index in [0.717, 1.165) is 4.47 Å². The van der Waals surface area contributed by atoms with Gasteiger partial charge in [0, 0.05) is 16.2 Å². The molecule has 112 valence electrons. The Bertz CT molecular complexity index is 729. The smallest absolute Gasteiger partial charge is 0.265 e. The van der Waals surface area contributed by atoms with Crippen molar-refractivity contribution in [1.29, 1.82) is 0 Å². The lowest BCUT2D eigenvalue weighted by atomic mass is 10.3. The van der Waals surface area contributed by atoms with E-state index in [9.17, 15) is 8.42 Å². The minimum atomic E-state index is -3.74. The van der Waals surface area contributed by atoms with E-state index in [0.29, 0.717) is 11.4 Å². The molecule has 0 saturated heterocycles. The third kappa shape index (κ3) is 3.68. The molecule has 7 heteroatoms. The normalized spacial score (nSPS) is 11.0. The lowest BCUT2D eigenvalue weighted by molar-refractivity contribution is 0.386. The van der Waals surface area contributed by atoms with E-state index in [1.165, 1.54) is 26.4 Å². The summed E-state index contributed by atoms with van der Waals surface area (Å²) in [6.45, 7) is 0. The number of nitrogens with one attached hydrogen (secondary N) is 1. The molecule has 2 aromatic carbocycles. The molecule has 0 spiro atoms. The average molecular weight is 372 g/mol. The minimum absolute atomic E-state index is 0.0497. The summed E-state index contributed by atoms with van der Waals surface area (Å²) in [6.07, 6.45) is 0. The molecule has 0 aliphatic rings. The summed E-state index contributed by atoms with van der Waals surface area (Å²) >= 11 is 3.30. The van der Waals surface area contributed by atoms with Crippen molar-refractivity contribution in [2.24, 2.45) is 0 Å². The topological polar surface area (TPSA) is 64.6 Å². The summed E-state index contributed by atoms with van der Waals surface area (Å²) < 4.78 is 38.4. The summed E-state index contributed by atoms with van der Waals surface area (Å²) in [4.78, 5) is 0.0497. The second-order valence-corrected chi connectivity index (χ2v) is 6.70. The second kappa shape index (κ2) is 6.36. The van der Waals surface area contributed by atoms with Crippen LogP contribution >= 0.6 is 15.9 Å². The van der Waals surface area contributed by atoms with Crippen LogP contribution in [0, 0.1) is 0 Å². The van der Waals surface area contributed by atoms with Gasteiger partial charge in [0.15, 0.2) is 0 Å². The molecule has 0 aliphatic heterocycles. The number of methoxy groups -OCH3 is 2. The zero-order valence-corrected chi connectivity index (χ0v) is 13.9. The Labute approximate surface area is 132 Å². The summed E-state index contributed by atoms with van der Waals surface area (Å²) in [6, 6.07) is 11.4. The molecule has 0 fully saturated rings. The lowest BCUT2D eigenvalue weighted by Gasteiger charge is -2.12. The largest absolute Gasteiger partial charge is 0.497 e. The van der Waals surface area contributed by atoms with E-state index in [4.69, 9.17) is 9.47 Å². The van der Waals surface area contributed by atoms with E-state index in [-0.39, 0.29) is 10.6 Å². The molecular formula is C14H14BrNO4S. The molecule has 0 bridgehead atoms. The maximum atomic E-state index is 12.4. The van der Waals surface area contributed by atoms with Crippen LogP contribution in [0.25, 0.3) is 0 Å². The number of hydrogen-bond donors (Lipinski definition) is 1. The molecule has 2 aromatic rings. The van der Waals surface area contributed by atoms with Gasteiger partial charge in [-0.3, -0.25) is 4.72 Å². The van der Waals surface area contributed by atoms with Gasteiger partial charge in [0.1, 0.15) is 16.4 Å². The Morgan fingerprint density at radius 2 is 1.67 bits per heavy atom. The fourth-order valence-electron chi connectivity index (χ4n) is 1.72. The Morgan fingerprint density at radius 3 is 2.24 bits per heavy atom. The summed E-state index contributed by atoms with van der Waals surface area (Å²) in [5, 5.41) is 0. The number of benzene rings is 2. The first-order valence-corrected chi connectivity index (χ1v) is 8.24. The SMILES string of the molecule is COc1ccc(S(=O)(=O)Nc2ccc(Br)cc2)c(OC)c1. The highest BCUT2D eigenvalue weighted by Gasteiger charge is 2.20. The van der Waals surface area contributed by atoms with E-state index >= 15 is 0 Å². The summed E-state index contributed by atoms with van der Waals surface area (Å²) in [5.74, 6) is 0.744. The molecule has 21 heavy (non-hydrogen) atoms. The fourth-order valence-corrected chi connectivity index (χ4v) is 3.20. The minimum Gasteiger partial charge on any atom is -0.497 e. The van der Waals surface area contributed by atoms with Gasteiger partial charge >= 0.3 is 0 Å². The number of hydrogen-bond acceptors (Lipinski definition) is 4. The van der Waals surface area contributed by atoms with E-state index < -0.39 is 10.0 Å². The van der Waals surface area contributed by atoms with Gasteiger partial charge in [-0.2, -0.15) is 0 Å². The average Bonchev–Trinajstić information content (AvgIpc) is 2.48. The molecule has 1 N–H and O–H groups in total. The van der Waals surface area contributed by atoms with Crippen molar-refractivity contribution in [3.63, 3.8) is 0 Å². The Morgan fingerprint density at radius 1 is 1.00 bits per heavy atom. The zero-order valence-electron chi connectivity index (χ0n) is 11.5. The number of sulfonamides is 1. The molecule has 0 aromatic heterocycles. The Balaban J connectivity index is 2.37. The molecule has 0 radical (unpaired) electrons. The third-order valence-electron chi connectivity index (χ3n) is 2.76. The second-order valence-electron chi connectivity index (χ2n) is 4.13. The van der Waals surface area contributed by atoms with Crippen LogP contribution in [0.1, 0.15) is 0 Å². The molecule has 0 unspecified atom stereocenters. The summed E-state index contributed by atoms with van der Waals surface area (Å²) in [5.41, 5.74) is 0.469. The highest BCUT2D eigenvalue weighted by Crippen LogP contribution is 2.29. The van der Waals surface area contributed by atoms with Crippen molar-refractivity contribution in [2.75, 3.05) is 18.9 Å². The number of ether oxygens (including phenoxy) is 2. The molecule has 0 aliphatic carbocycles. The lowest BCUT2D eigenvalue weighted by Crippen LogP contribution is -2.14. The van der Waals surface area contributed by atoms with Crippen LogP contribution in [-0.4, -0.2) is 22.6 Å². The first kappa shape index (κ1) is 15.7. The van der Waals surface area contributed by atoms with Crippen LogP contribution < -0.4 is 14.2 Å². The highest BCUT2D eigenvalue weighted by molar-refractivity contribution is 9.10. The molecule has 0 atom stereocenters. The van der Waals surface area contributed by atoms with Gasteiger partial charge in [0.2, 0.25) is 0 Å². The first-order valence-electron chi connectivity index (χ1n) is 5.96. The number of halogens is 1. The molecule has 5 nitrogen and oxygen atoms in total. The van der Waals surface area contributed by atoms with Crippen LogP contribution in [0.4, 0.5) is 5.69 Å². The van der Waals surface area contributed by atoms with Gasteiger partial charge in [-0.15, -0.1) is 0 Å². The molecule has 2 rings (SSSR count). The molecule has 0 heterocycles. The maximum Gasteiger partial charge on any atom is 0.265 e. The maximum absolute atomic E-state index is 12.4. The molecular weight excluding hydrogens is 358 g/mol. The van der Waals surface area contributed by atoms with Gasteiger partial charge in [-0.1, -0.05) is 15.9 Å². The van der Waals surface area contributed by atoms with Crippen molar-refractivity contribution in [2.45, 2.75) is 4.90 Å². The van der Waals surface area contributed by atoms with E-state index in [2.05, 4.69) is 20.7 Å². The molecule has 0 amide bonds. The molecule has 0 saturated carbocycles. The summed E-state index contributed by atoms with van der Waals surface area (Å²) in [7, 11) is -0.827. The van der Waals surface area contributed by atoms with Gasteiger partial charge in [0.05, 0.1) is 14.2 Å². The van der Waals surface area contributed by atoms with E-state index in [1.54, 1.807) is 30.3 Å². The Hall–Kier alpha value is -1.73. The van der Waals surface area contributed by atoms with Gasteiger partial charge in [-0.25, -0.2) is 8.42 Å². The monoisotopic (exact) mass is 371 g/mol. The van der Waals surface area contributed by atoms with Crippen molar-refractivity contribution in [3.8, 4) is 11.5 Å². The van der Waals surface area contributed by atoms with Crippen LogP contribution in [0.2, 0.25) is 0 Å².